The largest absolute Gasteiger partial charge is 0.488 e. The number of carbonyl (C=O) groups is 2. The Bertz CT molecular complexity index is 1240. The second-order valence-corrected chi connectivity index (χ2v) is 10.3. The predicted molar refractivity (Wildman–Crippen MR) is 154 cm³/mol. The summed E-state index contributed by atoms with van der Waals surface area (Å²) in [5.74, 6) is 0.555. The van der Waals surface area contributed by atoms with Crippen molar-refractivity contribution in [1.29, 1.82) is 0 Å². The minimum Gasteiger partial charge on any atom is -0.488 e. The molecule has 3 N–H and O–H groups in total. The lowest BCUT2D eigenvalue weighted by Crippen LogP contribution is -2.47. The van der Waals surface area contributed by atoms with Gasteiger partial charge in [0.1, 0.15) is 11.9 Å². The highest BCUT2D eigenvalue weighted by Crippen LogP contribution is 2.29. The standard InChI is InChI=1S/C31H38N4O4/c1-22-18-35(23(2)21-36)30(37)17-25-16-27(33-31(38)32-26-12-8-5-9-13-26)14-15-28(25)39-29(22)20-34(3)19-24-10-6-4-7-11-24/h4-16,22-23,29,36H,17-21H2,1-3H3,(H2,32,33,38)/t22-,23-,29+/m1/s1. The number of para-hydroxylation sites is 1. The fourth-order valence-electron chi connectivity index (χ4n) is 4.81. The monoisotopic (exact) mass is 530 g/mol. The quantitative estimate of drug-likeness (QED) is 0.395. The molecule has 39 heavy (non-hydrogen) atoms. The van der Waals surface area contributed by atoms with E-state index in [4.69, 9.17) is 4.74 Å². The minimum atomic E-state index is -0.374. The molecular weight excluding hydrogens is 492 g/mol. The number of nitrogens with one attached hydrogen (secondary N) is 2. The Hall–Kier alpha value is -3.88. The van der Waals surface area contributed by atoms with E-state index in [2.05, 4.69) is 41.6 Å². The van der Waals surface area contributed by atoms with E-state index in [1.165, 1.54) is 5.56 Å². The van der Waals surface area contributed by atoms with Crippen molar-refractivity contribution in [3.63, 3.8) is 0 Å². The van der Waals surface area contributed by atoms with Gasteiger partial charge in [-0.05, 0) is 49.9 Å². The summed E-state index contributed by atoms with van der Waals surface area (Å²) in [5.41, 5.74) is 3.15. The van der Waals surface area contributed by atoms with Gasteiger partial charge < -0.3 is 25.4 Å². The number of aliphatic hydroxyl groups excluding tert-OH is 1. The third-order valence-corrected chi connectivity index (χ3v) is 6.99. The van der Waals surface area contributed by atoms with E-state index in [1.807, 2.05) is 61.5 Å². The average molecular weight is 531 g/mol. The maximum atomic E-state index is 13.4. The Morgan fingerprint density at radius 1 is 1.05 bits per heavy atom. The lowest BCUT2D eigenvalue weighted by molar-refractivity contribution is -0.134. The van der Waals surface area contributed by atoms with Gasteiger partial charge in [0.25, 0.3) is 0 Å². The molecule has 0 radical (unpaired) electrons. The molecule has 0 aromatic heterocycles. The summed E-state index contributed by atoms with van der Waals surface area (Å²) in [6.45, 7) is 5.72. The molecule has 3 aromatic rings. The molecule has 0 saturated carbocycles. The second kappa shape index (κ2) is 13.3. The molecule has 8 nitrogen and oxygen atoms in total. The van der Waals surface area contributed by atoms with Crippen LogP contribution in [0.5, 0.6) is 5.75 Å². The maximum Gasteiger partial charge on any atom is 0.323 e. The number of ether oxygens (including phenoxy) is 1. The van der Waals surface area contributed by atoms with Crippen LogP contribution in [0.1, 0.15) is 25.0 Å². The van der Waals surface area contributed by atoms with Crippen LogP contribution in [0.3, 0.4) is 0 Å². The highest BCUT2D eigenvalue weighted by molar-refractivity contribution is 5.99. The predicted octanol–water partition coefficient (Wildman–Crippen LogP) is 4.61. The van der Waals surface area contributed by atoms with Crippen LogP contribution >= 0.6 is 0 Å². The van der Waals surface area contributed by atoms with Crippen LogP contribution in [0.15, 0.2) is 78.9 Å². The fourth-order valence-corrected chi connectivity index (χ4v) is 4.81. The Kier molecular flexibility index (Phi) is 9.57. The zero-order chi connectivity index (χ0) is 27.8. The molecule has 0 unspecified atom stereocenters. The number of likely N-dealkylation sites (N-methyl/N-ethyl adjacent to an activating group) is 1. The Balaban J connectivity index is 1.56. The molecular formula is C31H38N4O4. The van der Waals surface area contributed by atoms with E-state index in [9.17, 15) is 14.7 Å². The molecule has 8 heteroatoms. The van der Waals surface area contributed by atoms with E-state index in [0.29, 0.717) is 35.8 Å². The summed E-state index contributed by atoms with van der Waals surface area (Å²) < 4.78 is 6.59. The van der Waals surface area contributed by atoms with Crippen LogP contribution in [0.4, 0.5) is 16.2 Å². The number of carbonyl (C=O) groups excluding carboxylic acids is 2. The Morgan fingerprint density at radius 3 is 2.41 bits per heavy atom. The van der Waals surface area contributed by atoms with Crippen molar-refractivity contribution in [2.75, 3.05) is 37.4 Å². The molecule has 0 saturated heterocycles. The number of hydrogen-bond acceptors (Lipinski definition) is 5. The number of aliphatic hydroxyl groups is 1. The first kappa shape index (κ1) is 28.1. The van der Waals surface area contributed by atoms with Crippen LogP contribution < -0.4 is 15.4 Å². The van der Waals surface area contributed by atoms with E-state index in [-0.39, 0.29) is 43.0 Å². The van der Waals surface area contributed by atoms with Crippen molar-refractivity contribution in [2.45, 2.75) is 39.0 Å². The second-order valence-electron chi connectivity index (χ2n) is 10.3. The molecule has 0 fully saturated rings. The number of rotatable bonds is 8. The van der Waals surface area contributed by atoms with Gasteiger partial charge >= 0.3 is 6.03 Å². The first-order chi connectivity index (χ1) is 18.8. The van der Waals surface area contributed by atoms with E-state index in [0.717, 1.165) is 6.54 Å². The number of nitrogens with zero attached hydrogens (tertiary/aromatic N) is 2. The zero-order valence-corrected chi connectivity index (χ0v) is 22.8. The fraction of sp³-hybridized carbons (Fsp3) is 0.355. The van der Waals surface area contributed by atoms with E-state index in [1.54, 1.807) is 17.0 Å². The van der Waals surface area contributed by atoms with Gasteiger partial charge in [-0.3, -0.25) is 9.69 Å². The van der Waals surface area contributed by atoms with Gasteiger partial charge in [0.15, 0.2) is 0 Å². The molecule has 1 heterocycles. The van der Waals surface area contributed by atoms with Gasteiger partial charge in [0.2, 0.25) is 5.91 Å². The average Bonchev–Trinajstić information content (AvgIpc) is 2.97. The van der Waals surface area contributed by atoms with Gasteiger partial charge in [-0.15, -0.1) is 0 Å². The molecule has 1 aliphatic heterocycles. The first-order valence-corrected chi connectivity index (χ1v) is 13.4. The normalized spacial score (nSPS) is 18.3. The van der Waals surface area contributed by atoms with Crippen molar-refractivity contribution in [3.05, 3.63) is 90.0 Å². The van der Waals surface area contributed by atoms with E-state index >= 15 is 0 Å². The SMILES string of the molecule is C[C@@H]1CN([C@H](C)CO)C(=O)Cc2cc(NC(=O)Nc3ccccc3)ccc2O[C@H]1CN(C)Cc1ccccc1. The van der Waals surface area contributed by atoms with Gasteiger partial charge in [0.05, 0.1) is 19.1 Å². The van der Waals surface area contributed by atoms with E-state index < -0.39 is 0 Å². The maximum absolute atomic E-state index is 13.4. The molecule has 0 aliphatic carbocycles. The third-order valence-electron chi connectivity index (χ3n) is 6.99. The van der Waals surface area contributed by atoms with Gasteiger partial charge in [-0.25, -0.2) is 4.79 Å². The van der Waals surface area contributed by atoms with Crippen molar-refractivity contribution < 1.29 is 19.4 Å². The van der Waals surface area contributed by atoms with Crippen LogP contribution in [-0.4, -0.2) is 65.7 Å². The van der Waals surface area contributed by atoms with Crippen LogP contribution in [0.25, 0.3) is 0 Å². The van der Waals surface area contributed by atoms with Gasteiger partial charge in [-0.2, -0.15) is 0 Å². The molecule has 3 aromatic carbocycles. The van der Waals surface area contributed by atoms with Crippen molar-refractivity contribution in [2.24, 2.45) is 5.92 Å². The number of benzene rings is 3. The molecule has 4 rings (SSSR count). The molecule has 3 amide bonds. The third kappa shape index (κ3) is 7.81. The molecule has 3 atom stereocenters. The molecule has 0 bridgehead atoms. The lowest BCUT2D eigenvalue weighted by Gasteiger charge is -2.34. The summed E-state index contributed by atoms with van der Waals surface area (Å²) in [6, 6.07) is 24.2. The van der Waals surface area contributed by atoms with Crippen LogP contribution in [0.2, 0.25) is 0 Å². The topological polar surface area (TPSA) is 94.1 Å². The summed E-state index contributed by atoms with van der Waals surface area (Å²) in [5, 5.41) is 15.5. The molecule has 1 aliphatic rings. The van der Waals surface area contributed by atoms with Gasteiger partial charge in [0, 0.05) is 42.5 Å². The number of fused-ring (bicyclic) bond motifs is 1. The zero-order valence-electron chi connectivity index (χ0n) is 22.8. The van der Waals surface area contributed by atoms with Crippen molar-refractivity contribution in [1.82, 2.24) is 9.80 Å². The lowest BCUT2D eigenvalue weighted by atomic mass is 10.0. The van der Waals surface area contributed by atoms with Crippen LogP contribution in [-0.2, 0) is 17.8 Å². The highest BCUT2D eigenvalue weighted by Gasteiger charge is 2.31. The van der Waals surface area contributed by atoms with Crippen molar-refractivity contribution >= 4 is 23.3 Å². The number of anilines is 2. The Morgan fingerprint density at radius 2 is 1.72 bits per heavy atom. The van der Waals surface area contributed by atoms with Crippen LogP contribution in [0, 0.1) is 5.92 Å². The number of urea groups is 1. The number of amides is 3. The summed E-state index contributed by atoms with van der Waals surface area (Å²) in [7, 11) is 2.06. The summed E-state index contributed by atoms with van der Waals surface area (Å²) in [6.07, 6.45) is -0.0913. The Labute approximate surface area is 230 Å². The smallest absolute Gasteiger partial charge is 0.323 e. The molecule has 206 valence electrons. The minimum absolute atomic E-state index is 0.0153. The summed E-state index contributed by atoms with van der Waals surface area (Å²) >= 11 is 0. The first-order valence-electron chi connectivity index (χ1n) is 13.4. The molecule has 0 spiro atoms. The highest BCUT2D eigenvalue weighted by atomic mass is 16.5. The summed E-state index contributed by atoms with van der Waals surface area (Å²) in [4.78, 5) is 30.0. The number of hydrogen-bond donors (Lipinski definition) is 3. The van der Waals surface area contributed by atoms with Crippen molar-refractivity contribution in [3.8, 4) is 5.75 Å². The van der Waals surface area contributed by atoms with Gasteiger partial charge in [-0.1, -0.05) is 55.5 Å².